The van der Waals surface area contributed by atoms with Gasteiger partial charge in [-0.2, -0.15) is 5.10 Å². The van der Waals surface area contributed by atoms with Crippen molar-refractivity contribution in [1.82, 2.24) is 15.1 Å². The Kier molecular flexibility index (Phi) is 2.65. The molecule has 3 rings (SSSR count). The predicted molar refractivity (Wildman–Crippen MR) is 63.4 cm³/mol. The third-order valence-electron chi connectivity index (χ3n) is 2.88. The normalized spacial score (nSPS) is 15.1. The van der Waals surface area contributed by atoms with E-state index >= 15 is 0 Å². The summed E-state index contributed by atoms with van der Waals surface area (Å²) in [6, 6.07) is 7.49. The predicted octanol–water partition coefficient (Wildman–Crippen LogP) is 2.26. The third kappa shape index (κ3) is 2.53. The molecule has 0 amide bonds. The fraction of sp³-hybridized carbons (Fsp3) is 0.308. The molecule has 4 heteroatoms. The van der Waals surface area contributed by atoms with E-state index in [0.29, 0.717) is 6.04 Å². The van der Waals surface area contributed by atoms with Crippen LogP contribution in [0.15, 0.2) is 36.7 Å². The molecule has 1 aliphatic carbocycles. The molecule has 0 aliphatic heterocycles. The van der Waals surface area contributed by atoms with Gasteiger partial charge in [-0.15, -0.1) is 0 Å². The summed E-state index contributed by atoms with van der Waals surface area (Å²) in [5, 5.41) is 7.48. The molecule has 1 aliphatic rings. The fourth-order valence-electron chi connectivity index (χ4n) is 1.84. The summed E-state index contributed by atoms with van der Waals surface area (Å²) in [5.41, 5.74) is 1.73. The van der Waals surface area contributed by atoms with E-state index in [2.05, 4.69) is 10.4 Å². The summed E-state index contributed by atoms with van der Waals surface area (Å²) in [4.78, 5) is 0. The van der Waals surface area contributed by atoms with E-state index in [1.165, 1.54) is 18.9 Å². The number of halogens is 1. The summed E-state index contributed by atoms with van der Waals surface area (Å²) < 4.78 is 15.2. The van der Waals surface area contributed by atoms with Gasteiger partial charge in [-0.05, 0) is 42.7 Å². The minimum Gasteiger partial charge on any atom is -0.310 e. The molecule has 0 saturated heterocycles. The van der Waals surface area contributed by atoms with Gasteiger partial charge < -0.3 is 5.32 Å². The molecule has 1 fully saturated rings. The second kappa shape index (κ2) is 4.30. The number of nitrogens with one attached hydrogen (secondary N) is 1. The maximum absolute atomic E-state index is 13.5. The summed E-state index contributed by atoms with van der Waals surface area (Å²) in [5.74, 6) is -0.217. The zero-order valence-corrected chi connectivity index (χ0v) is 9.44. The van der Waals surface area contributed by atoms with Crippen molar-refractivity contribution in [3.63, 3.8) is 0 Å². The Balaban J connectivity index is 1.83. The smallest absolute Gasteiger partial charge is 0.125 e. The summed E-state index contributed by atoms with van der Waals surface area (Å²) >= 11 is 0. The van der Waals surface area contributed by atoms with E-state index in [0.717, 1.165) is 17.8 Å². The van der Waals surface area contributed by atoms with Crippen molar-refractivity contribution in [3.8, 4) is 5.69 Å². The van der Waals surface area contributed by atoms with Crippen LogP contribution in [0.25, 0.3) is 5.69 Å². The first kappa shape index (κ1) is 10.5. The molecule has 2 aromatic rings. The monoisotopic (exact) mass is 231 g/mol. The molecular formula is C13H14FN3. The average Bonchev–Trinajstić information content (AvgIpc) is 2.98. The lowest BCUT2D eigenvalue weighted by Crippen LogP contribution is -2.15. The Bertz CT molecular complexity index is 503. The van der Waals surface area contributed by atoms with Crippen LogP contribution in [0.3, 0.4) is 0 Å². The molecule has 17 heavy (non-hydrogen) atoms. The number of hydrogen-bond acceptors (Lipinski definition) is 2. The molecule has 0 bridgehead atoms. The number of rotatable bonds is 4. The maximum atomic E-state index is 13.5. The van der Waals surface area contributed by atoms with Gasteiger partial charge in [0.05, 0.1) is 5.69 Å². The standard InChI is InChI=1S/C13H14FN3/c14-11-6-10(9-15-12-2-3-12)7-13(8-11)17-5-1-4-16-17/h1,4-8,12,15H,2-3,9H2. The summed E-state index contributed by atoms with van der Waals surface area (Å²) in [7, 11) is 0. The Labute approximate surface area is 99.3 Å². The molecule has 3 nitrogen and oxygen atoms in total. The fourth-order valence-corrected chi connectivity index (χ4v) is 1.84. The second-order valence-electron chi connectivity index (χ2n) is 4.42. The first-order valence-corrected chi connectivity index (χ1v) is 5.84. The van der Waals surface area contributed by atoms with Crippen molar-refractivity contribution in [2.75, 3.05) is 0 Å². The lowest BCUT2D eigenvalue weighted by Gasteiger charge is -2.07. The van der Waals surface area contributed by atoms with E-state index in [1.807, 2.05) is 18.3 Å². The molecule has 1 aromatic heterocycles. The SMILES string of the molecule is Fc1cc(CNC2CC2)cc(-n2cccn2)c1. The zero-order valence-electron chi connectivity index (χ0n) is 9.44. The van der Waals surface area contributed by atoms with Crippen molar-refractivity contribution >= 4 is 0 Å². The van der Waals surface area contributed by atoms with Crippen LogP contribution in [0.1, 0.15) is 18.4 Å². The van der Waals surface area contributed by atoms with Gasteiger partial charge >= 0.3 is 0 Å². The lowest BCUT2D eigenvalue weighted by atomic mass is 10.2. The van der Waals surface area contributed by atoms with E-state index in [1.54, 1.807) is 16.9 Å². The van der Waals surface area contributed by atoms with E-state index in [9.17, 15) is 4.39 Å². The lowest BCUT2D eigenvalue weighted by molar-refractivity contribution is 0.617. The Morgan fingerprint density at radius 2 is 2.24 bits per heavy atom. The molecule has 0 atom stereocenters. The number of benzene rings is 1. The van der Waals surface area contributed by atoms with Crippen LogP contribution in [0.2, 0.25) is 0 Å². The number of aromatic nitrogens is 2. The second-order valence-corrected chi connectivity index (χ2v) is 4.42. The molecule has 1 N–H and O–H groups in total. The Morgan fingerprint density at radius 1 is 1.35 bits per heavy atom. The molecule has 1 saturated carbocycles. The summed E-state index contributed by atoms with van der Waals surface area (Å²) in [6.07, 6.45) is 5.97. The van der Waals surface area contributed by atoms with Gasteiger partial charge in [0.15, 0.2) is 0 Å². The third-order valence-corrected chi connectivity index (χ3v) is 2.88. The molecule has 0 spiro atoms. The van der Waals surface area contributed by atoms with Crippen molar-refractivity contribution < 1.29 is 4.39 Å². The highest BCUT2D eigenvalue weighted by atomic mass is 19.1. The van der Waals surface area contributed by atoms with Crippen LogP contribution in [-0.2, 0) is 6.54 Å². The van der Waals surface area contributed by atoms with Gasteiger partial charge in [0, 0.05) is 25.0 Å². The molecule has 1 aromatic carbocycles. The highest BCUT2D eigenvalue weighted by Crippen LogP contribution is 2.20. The van der Waals surface area contributed by atoms with E-state index < -0.39 is 0 Å². The first-order chi connectivity index (χ1) is 8.31. The zero-order chi connectivity index (χ0) is 11.7. The molecule has 88 valence electrons. The van der Waals surface area contributed by atoms with Crippen LogP contribution in [0, 0.1) is 5.82 Å². The van der Waals surface area contributed by atoms with Crippen LogP contribution in [0.4, 0.5) is 4.39 Å². The van der Waals surface area contributed by atoms with Crippen LogP contribution < -0.4 is 5.32 Å². The van der Waals surface area contributed by atoms with Gasteiger partial charge in [-0.3, -0.25) is 0 Å². The Hall–Kier alpha value is -1.68. The molecule has 0 radical (unpaired) electrons. The molecular weight excluding hydrogens is 217 g/mol. The van der Waals surface area contributed by atoms with Gasteiger partial charge in [-0.25, -0.2) is 9.07 Å². The van der Waals surface area contributed by atoms with Crippen molar-refractivity contribution in [3.05, 3.63) is 48.0 Å². The van der Waals surface area contributed by atoms with Gasteiger partial charge in [0.2, 0.25) is 0 Å². The topological polar surface area (TPSA) is 29.9 Å². The number of hydrogen-bond donors (Lipinski definition) is 1. The molecule has 1 heterocycles. The van der Waals surface area contributed by atoms with Crippen LogP contribution in [-0.4, -0.2) is 15.8 Å². The van der Waals surface area contributed by atoms with E-state index in [-0.39, 0.29) is 5.82 Å². The number of nitrogens with zero attached hydrogens (tertiary/aromatic N) is 2. The van der Waals surface area contributed by atoms with Crippen LogP contribution in [0.5, 0.6) is 0 Å². The average molecular weight is 231 g/mol. The van der Waals surface area contributed by atoms with Crippen molar-refractivity contribution in [2.45, 2.75) is 25.4 Å². The summed E-state index contributed by atoms with van der Waals surface area (Å²) in [6.45, 7) is 0.719. The Morgan fingerprint density at radius 3 is 2.94 bits per heavy atom. The van der Waals surface area contributed by atoms with Gasteiger partial charge in [0.25, 0.3) is 0 Å². The first-order valence-electron chi connectivity index (χ1n) is 5.84. The van der Waals surface area contributed by atoms with Crippen LogP contribution >= 0.6 is 0 Å². The van der Waals surface area contributed by atoms with Gasteiger partial charge in [-0.1, -0.05) is 0 Å². The van der Waals surface area contributed by atoms with E-state index in [4.69, 9.17) is 0 Å². The minimum atomic E-state index is -0.217. The molecule has 0 unspecified atom stereocenters. The van der Waals surface area contributed by atoms with Gasteiger partial charge in [0.1, 0.15) is 5.82 Å². The maximum Gasteiger partial charge on any atom is 0.125 e. The van der Waals surface area contributed by atoms with Crippen molar-refractivity contribution in [2.24, 2.45) is 0 Å². The highest BCUT2D eigenvalue weighted by molar-refractivity contribution is 5.35. The van der Waals surface area contributed by atoms with Crippen molar-refractivity contribution in [1.29, 1.82) is 0 Å². The highest BCUT2D eigenvalue weighted by Gasteiger charge is 2.20. The largest absolute Gasteiger partial charge is 0.310 e. The minimum absolute atomic E-state index is 0.217. The quantitative estimate of drug-likeness (QED) is 0.874.